The van der Waals surface area contributed by atoms with Crippen LogP contribution in [0, 0.1) is 17.0 Å². The van der Waals surface area contributed by atoms with Crippen molar-refractivity contribution in [1.82, 2.24) is 4.90 Å². The van der Waals surface area contributed by atoms with Crippen molar-refractivity contribution in [3.05, 3.63) is 93.4 Å². The summed E-state index contributed by atoms with van der Waals surface area (Å²) in [6, 6.07) is 16.1. The molecule has 0 saturated carbocycles. The minimum absolute atomic E-state index is 0.0619. The molecule has 2 aromatic carbocycles. The van der Waals surface area contributed by atoms with E-state index >= 15 is 0 Å². The lowest BCUT2D eigenvalue weighted by Crippen LogP contribution is -2.30. The highest BCUT2D eigenvalue weighted by molar-refractivity contribution is 7.98. The van der Waals surface area contributed by atoms with E-state index in [1.807, 2.05) is 30.5 Å². The second-order valence-electron chi connectivity index (χ2n) is 6.35. The summed E-state index contributed by atoms with van der Waals surface area (Å²) >= 11 is 1.65. The normalized spacial score (nSPS) is 10.6. The quantitative estimate of drug-likeness (QED) is 0.317. The minimum Gasteiger partial charge on any atom is -0.467 e. The molecular weight excluding hydrogens is 376 g/mol. The fraction of sp³-hybridized carbons (Fsp3) is 0.190. The zero-order chi connectivity index (χ0) is 20.1. The molecule has 1 amide bonds. The van der Waals surface area contributed by atoms with Gasteiger partial charge in [-0.2, -0.15) is 0 Å². The maximum absolute atomic E-state index is 13.1. The Morgan fingerprint density at radius 2 is 1.89 bits per heavy atom. The first-order valence-corrected chi connectivity index (χ1v) is 9.90. The van der Waals surface area contributed by atoms with Gasteiger partial charge in [0.15, 0.2) is 0 Å². The molecule has 0 N–H and O–H groups in total. The Bertz CT molecular complexity index is 969. The molecule has 3 rings (SSSR count). The monoisotopic (exact) mass is 396 g/mol. The molecule has 0 fully saturated rings. The smallest absolute Gasteiger partial charge is 0.273 e. The van der Waals surface area contributed by atoms with E-state index < -0.39 is 4.92 Å². The summed E-state index contributed by atoms with van der Waals surface area (Å²) < 4.78 is 5.40. The number of nitro groups is 1. The Hall–Kier alpha value is -3.06. The number of benzene rings is 2. The zero-order valence-corrected chi connectivity index (χ0v) is 16.4. The number of thioether (sulfide) groups is 1. The molecule has 0 saturated heterocycles. The van der Waals surface area contributed by atoms with Gasteiger partial charge in [0.1, 0.15) is 5.76 Å². The number of rotatable bonds is 7. The van der Waals surface area contributed by atoms with E-state index in [1.54, 1.807) is 54.1 Å². The number of carbonyl (C=O) groups is 1. The van der Waals surface area contributed by atoms with Crippen molar-refractivity contribution in [3.8, 4) is 0 Å². The Kier molecular flexibility index (Phi) is 6.16. The average Bonchev–Trinajstić information content (AvgIpc) is 3.21. The number of amides is 1. The van der Waals surface area contributed by atoms with E-state index in [4.69, 9.17) is 4.42 Å². The summed E-state index contributed by atoms with van der Waals surface area (Å²) in [5, 5.41) is 11.2. The van der Waals surface area contributed by atoms with Gasteiger partial charge in [0.2, 0.25) is 0 Å². The van der Waals surface area contributed by atoms with Crippen LogP contribution in [0.1, 0.15) is 27.2 Å². The Morgan fingerprint density at radius 1 is 1.14 bits per heavy atom. The number of aryl methyl sites for hydroxylation is 1. The summed E-state index contributed by atoms with van der Waals surface area (Å²) in [5.74, 6) is 0.365. The molecule has 1 heterocycles. The largest absolute Gasteiger partial charge is 0.467 e. The first-order chi connectivity index (χ1) is 13.5. The minimum atomic E-state index is -0.468. The Balaban J connectivity index is 1.90. The van der Waals surface area contributed by atoms with Crippen LogP contribution in [0.15, 0.2) is 70.2 Å². The molecule has 28 heavy (non-hydrogen) atoms. The summed E-state index contributed by atoms with van der Waals surface area (Å²) in [4.78, 5) is 26.7. The second kappa shape index (κ2) is 8.75. The molecule has 3 aromatic rings. The predicted molar refractivity (Wildman–Crippen MR) is 108 cm³/mol. The van der Waals surface area contributed by atoms with Crippen LogP contribution in [0.25, 0.3) is 0 Å². The van der Waals surface area contributed by atoms with E-state index in [-0.39, 0.29) is 23.7 Å². The van der Waals surface area contributed by atoms with E-state index in [2.05, 4.69) is 0 Å². The van der Waals surface area contributed by atoms with Crippen molar-refractivity contribution in [1.29, 1.82) is 0 Å². The highest BCUT2D eigenvalue weighted by atomic mass is 32.2. The van der Waals surface area contributed by atoms with Crippen molar-refractivity contribution in [3.63, 3.8) is 0 Å². The first kappa shape index (κ1) is 19.7. The molecule has 0 atom stereocenters. The molecular formula is C21H20N2O4S. The van der Waals surface area contributed by atoms with Crippen LogP contribution in [0.2, 0.25) is 0 Å². The lowest BCUT2D eigenvalue weighted by molar-refractivity contribution is -0.385. The van der Waals surface area contributed by atoms with Crippen molar-refractivity contribution in [2.24, 2.45) is 0 Å². The molecule has 6 nitrogen and oxygen atoms in total. The van der Waals surface area contributed by atoms with Crippen molar-refractivity contribution in [2.45, 2.75) is 24.9 Å². The van der Waals surface area contributed by atoms with E-state index in [1.165, 1.54) is 6.07 Å². The highest BCUT2D eigenvalue weighted by Gasteiger charge is 2.21. The molecule has 0 unspecified atom stereocenters. The Labute approximate surface area is 167 Å². The van der Waals surface area contributed by atoms with Crippen LogP contribution in [-0.2, 0) is 13.1 Å². The molecule has 0 aliphatic rings. The van der Waals surface area contributed by atoms with Crippen LogP contribution in [0.4, 0.5) is 5.69 Å². The van der Waals surface area contributed by atoms with Gasteiger partial charge < -0.3 is 9.32 Å². The maximum atomic E-state index is 13.1. The highest BCUT2D eigenvalue weighted by Crippen LogP contribution is 2.22. The topological polar surface area (TPSA) is 76.6 Å². The third-order valence-corrected chi connectivity index (χ3v) is 5.14. The van der Waals surface area contributed by atoms with Crippen LogP contribution in [0.3, 0.4) is 0 Å². The van der Waals surface area contributed by atoms with Gasteiger partial charge in [-0.3, -0.25) is 14.9 Å². The van der Waals surface area contributed by atoms with Gasteiger partial charge in [0.25, 0.3) is 11.6 Å². The summed E-state index contributed by atoms with van der Waals surface area (Å²) in [6.07, 6.45) is 3.56. The number of furan rings is 1. The van der Waals surface area contributed by atoms with Gasteiger partial charge in [-0.05, 0) is 49.1 Å². The predicted octanol–water partition coefficient (Wildman–Crippen LogP) is 5.06. The molecule has 144 valence electrons. The van der Waals surface area contributed by atoms with Crippen molar-refractivity contribution in [2.75, 3.05) is 6.26 Å². The van der Waals surface area contributed by atoms with Crippen LogP contribution < -0.4 is 0 Å². The van der Waals surface area contributed by atoms with Crippen molar-refractivity contribution < 1.29 is 14.1 Å². The number of hydrogen-bond donors (Lipinski definition) is 0. The van der Waals surface area contributed by atoms with Gasteiger partial charge in [-0.25, -0.2) is 0 Å². The summed E-state index contributed by atoms with van der Waals surface area (Å²) in [7, 11) is 0. The third kappa shape index (κ3) is 4.61. The van der Waals surface area contributed by atoms with Crippen LogP contribution >= 0.6 is 11.8 Å². The van der Waals surface area contributed by atoms with Crippen molar-refractivity contribution >= 4 is 23.4 Å². The lowest BCUT2D eigenvalue weighted by Gasteiger charge is -2.22. The maximum Gasteiger partial charge on any atom is 0.273 e. The number of hydrogen-bond acceptors (Lipinski definition) is 5. The zero-order valence-electron chi connectivity index (χ0n) is 15.6. The molecule has 0 radical (unpaired) electrons. The molecule has 0 aliphatic heterocycles. The summed E-state index contributed by atoms with van der Waals surface area (Å²) in [5.41, 5.74) is 1.71. The SMILES string of the molecule is CSc1ccc(CN(Cc2ccco2)C(=O)c2ccc(C)c([N+](=O)[O-])c2)cc1. The second-order valence-corrected chi connectivity index (χ2v) is 7.23. The van der Waals surface area contributed by atoms with Gasteiger partial charge in [-0.15, -0.1) is 11.8 Å². The van der Waals surface area contributed by atoms with E-state index in [0.29, 0.717) is 17.9 Å². The van der Waals surface area contributed by atoms with Gasteiger partial charge in [-0.1, -0.05) is 18.2 Å². The van der Waals surface area contributed by atoms with Gasteiger partial charge >= 0.3 is 0 Å². The van der Waals surface area contributed by atoms with Crippen LogP contribution in [0.5, 0.6) is 0 Å². The third-order valence-electron chi connectivity index (χ3n) is 4.40. The summed E-state index contributed by atoms with van der Waals surface area (Å²) in [6.45, 7) is 2.30. The average molecular weight is 396 g/mol. The fourth-order valence-corrected chi connectivity index (χ4v) is 3.27. The lowest BCUT2D eigenvalue weighted by atomic mass is 10.1. The van der Waals surface area contributed by atoms with E-state index in [0.717, 1.165) is 10.5 Å². The van der Waals surface area contributed by atoms with E-state index in [9.17, 15) is 14.9 Å². The molecule has 7 heteroatoms. The fourth-order valence-electron chi connectivity index (χ4n) is 2.86. The van der Waals surface area contributed by atoms with Gasteiger partial charge in [0, 0.05) is 28.6 Å². The standard InChI is InChI=1S/C21H20N2O4S/c1-15-5-8-17(12-20(15)23(25)26)21(24)22(14-18-4-3-11-27-18)13-16-6-9-19(28-2)10-7-16/h3-12H,13-14H2,1-2H3. The van der Waals surface area contributed by atoms with Gasteiger partial charge in [0.05, 0.1) is 17.7 Å². The molecule has 0 spiro atoms. The number of carbonyl (C=O) groups excluding carboxylic acids is 1. The number of nitrogens with zero attached hydrogens (tertiary/aromatic N) is 2. The molecule has 0 aliphatic carbocycles. The van der Waals surface area contributed by atoms with Crippen LogP contribution in [-0.4, -0.2) is 22.0 Å². The Morgan fingerprint density at radius 3 is 2.50 bits per heavy atom. The first-order valence-electron chi connectivity index (χ1n) is 8.67. The number of nitro benzene ring substituents is 1. The molecule has 1 aromatic heterocycles. The molecule has 0 bridgehead atoms.